The van der Waals surface area contributed by atoms with E-state index in [1.807, 2.05) is 24.3 Å². The van der Waals surface area contributed by atoms with Crippen LogP contribution in [0.25, 0.3) is 0 Å². The summed E-state index contributed by atoms with van der Waals surface area (Å²) in [7, 11) is 0. The van der Waals surface area contributed by atoms with Crippen molar-refractivity contribution in [1.82, 2.24) is 5.32 Å². The highest BCUT2D eigenvalue weighted by Gasteiger charge is 2.12. The van der Waals surface area contributed by atoms with Crippen molar-refractivity contribution in [2.45, 2.75) is 0 Å². The topological polar surface area (TPSA) is 29.1 Å². The molecular weight excluding hydrogens is 138 g/mol. The fourth-order valence-corrected chi connectivity index (χ4v) is 0.863. The van der Waals surface area contributed by atoms with Crippen LogP contribution in [0.5, 0.6) is 0 Å². The molecule has 1 N–H and O–H groups in total. The van der Waals surface area contributed by atoms with Gasteiger partial charge in [-0.1, -0.05) is 30.2 Å². The van der Waals surface area contributed by atoms with E-state index < -0.39 is 0 Å². The zero-order valence-corrected chi connectivity index (χ0v) is 6.08. The number of carbonyl (C=O) groups excluding carboxylic acids is 1. The fraction of sp³-hybridized carbons (Fsp3) is 0.222. The van der Waals surface area contributed by atoms with Gasteiger partial charge in [0, 0.05) is 0 Å². The Morgan fingerprint density at radius 1 is 1.55 bits per heavy atom. The second kappa shape index (κ2) is 3.62. The molecule has 1 amide bonds. The lowest BCUT2D eigenvalue weighted by atomic mass is 10.1. The Labute approximate surface area is 66.0 Å². The van der Waals surface area contributed by atoms with Crippen LogP contribution in [0.2, 0.25) is 0 Å². The summed E-state index contributed by atoms with van der Waals surface area (Å²) in [4.78, 5) is 11.1. The molecule has 11 heavy (non-hydrogen) atoms. The number of allylic oxidation sites excluding steroid dienone is 2. The van der Waals surface area contributed by atoms with Gasteiger partial charge in [-0.05, 0) is 0 Å². The minimum absolute atomic E-state index is 0.0343. The van der Waals surface area contributed by atoms with Crippen LogP contribution in [0, 0.1) is 18.3 Å². The monoisotopic (exact) mass is 147 g/mol. The van der Waals surface area contributed by atoms with Crippen LogP contribution in [0.15, 0.2) is 24.3 Å². The van der Waals surface area contributed by atoms with E-state index in [0.29, 0.717) is 6.54 Å². The predicted octanol–water partition coefficient (Wildman–Crippen LogP) is 0.478. The van der Waals surface area contributed by atoms with Gasteiger partial charge in [0.05, 0.1) is 12.5 Å². The Morgan fingerprint density at radius 3 is 2.73 bits per heavy atom. The molecule has 2 heteroatoms. The number of terminal acetylenes is 1. The largest absolute Gasteiger partial charge is 0.344 e. The number of hydrogen-bond acceptors (Lipinski definition) is 1. The highest BCUT2D eigenvalue weighted by molar-refractivity contribution is 5.83. The summed E-state index contributed by atoms with van der Waals surface area (Å²) in [5.74, 6) is 2.19. The van der Waals surface area contributed by atoms with E-state index in [0.717, 1.165) is 0 Å². The molecule has 0 spiro atoms. The lowest BCUT2D eigenvalue weighted by Gasteiger charge is -2.03. The third-order valence-electron chi connectivity index (χ3n) is 1.42. The molecule has 0 unspecified atom stereocenters. The quantitative estimate of drug-likeness (QED) is 0.565. The lowest BCUT2D eigenvalue weighted by molar-refractivity contribution is -0.122. The SMILES string of the molecule is C#CCNC(=O)C1C=CC=C1. The van der Waals surface area contributed by atoms with Gasteiger partial charge in [-0.25, -0.2) is 0 Å². The Hall–Kier alpha value is -1.49. The van der Waals surface area contributed by atoms with E-state index in [1.54, 1.807) is 0 Å². The van der Waals surface area contributed by atoms with Gasteiger partial charge >= 0.3 is 0 Å². The molecule has 1 aliphatic rings. The van der Waals surface area contributed by atoms with E-state index in [9.17, 15) is 4.79 Å². The highest BCUT2D eigenvalue weighted by atomic mass is 16.1. The van der Waals surface area contributed by atoms with Crippen LogP contribution < -0.4 is 5.32 Å². The molecule has 0 heterocycles. The third kappa shape index (κ3) is 1.98. The van der Waals surface area contributed by atoms with Gasteiger partial charge in [-0.3, -0.25) is 4.79 Å². The summed E-state index contributed by atoms with van der Waals surface area (Å²) < 4.78 is 0. The smallest absolute Gasteiger partial charge is 0.231 e. The van der Waals surface area contributed by atoms with E-state index in [-0.39, 0.29) is 11.8 Å². The van der Waals surface area contributed by atoms with Crippen molar-refractivity contribution in [2.75, 3.05) is 6.54 Å². The van der Waals surface area contributed by atoms with E-state index in [2.05, 4.69) is 11.2 Å². The predicted molar refractivity (Wildman–Crippen MR) is 43.6 cm³/mol. The van der Waals surface area contributed by atoms with Crippen molar-refractivity contribution in [2.24, 2.45) is 5.92 Å². The molecule has 0 bridgehead atoms. The first-order valence-electron chi connectivity index (χ1n) is 3.41. The van der Waals surface area contributed by atoms with Crippen LogP contribution in [-0.4, -0.2) is 12.5 Å². The van der Waals surface area contributed by atoms with Crippen molar-refractivity contribution in [3.63, 3.8) is 0 Å². The van der Waals surface area contributed by atoms with Crippen LogP contribution >= 0.6 is 0 Å². The van der Waals surface area contributed by atoms with Crippen molar-refractivity contribution in [1.29, 1.82) is 0 Å². The molecule has 1 rings (SSSR count). The first-order chi connectivity index (χ1) is 5.34. The standard InChI is InChI=1S/C9H9NO/c1-2-7-10-9(11)8-5-3-4-6-8/h1,3-6,8H,7H2,(H,10,11). The molecule has 0 radical (unpaired) electrons. The second-order valence-corrected chi connectivity index (χ2v) is 2.22. The Kier molecular flexibility index (Phi) is 2.51. The Morgan fingerprint density at radius 2 is 2.18 bits per heavy atom. The number of hydrogen-bond donors (Lipinski definition) is 1. The van der Waals surface area contributed by atoms with Gasteiger partial charge in [-0.2, -0.15) is 0 Å². The average Bonchev–Trinajstić information content (AvgIpc) is 2.52. The molecule has 0 atom stereocenters. The number of nitrogens with one attached hydrogen (secondary N) is 1. The molecule has 0 aromatic carbocycles. The van der Waals surface area contributed by atoms with Gasteiger partial charge in [-0.15, -0.1) is 6.42 Å². The van der Waals surface area contributed by atoms with Crippen LogP contribution in [0.3, 0.4) is 0 Å². The minimum atomic E-state index is -0.122. The Balaban J connectivity index is 2.37. The second-order valence-electron chi connectivity index (χ2n) is 2.22. The van der Waals surface area contributed by atoms with E-state index >= 15 is 0 Å². The number of rotatable bonds is 2. The molecule has 0 saturated heterocycles. The average molecular weight is 147 g/mol. The van der Waals surface area contributed by atoms with Gasteiger partial charge in [0.15, 0.2) is 0 Å². The maximum absolute atomic E-state index is 11.1. The molecule has 1 aliphatic carbocycles. The van der Waals surface area contributed by atoms with Crippen LogP contribution in [0.1, 0.15) is 0 Å². The fourth-order valence-electron chi connectivity index (χ4n) is 0.863. The summed E-state index contributed by atoms with van der Waals surface area (Å²) in [6.45, 7) is 0.303. The highest BCUT2D eigenvalue weighted by Crippen LogP contribution is 2.07. The maximum atomic E-state index is 11.1. The molecular formula is C9H9NO. The molecule has 0 fully saturated rings. The van der Waals surface area contributed by atoms with Crippen molar-refractivity contribution in [3.05, 3.63) is 24.3 Å². The summed E-state index contributed by atoms with van der Waals surface area (Å²) in [5, 5.41) is 2.60. The first-order valence-corrected chi connectivity index (χ1v) is 3.41. The number of amides is 1. The van der Waals surface area contributed by atoms with Gasteiger partial charge < -0.3 is 5.32 Å². The van der Waals surface area contributed by atoms with E-state index in [4.69, 9.17) is 6.42 Å². The Bertz CT molecular complexity index is 233. The summed E-state index contributed by atoms with van der Waals surface area (Å²) in [6.07, 6.45) is 12.3. The van der Waals surface area contributed by atoms with Crippen molar-refractivity contribution < 1.29 is 4.79 Å². The molecule has 0 aliphatic heterocycles. The zero-order chi connectivity index (χ0) is 8.10. The van der Waals surface area contributed by atoms with Gasteiger partial charge in [0.25, 0.3) is 0 Å². The van der Waals surface area contributed by atoms with Gasteiger partial charge in [0.1, 0.15) is 0 Å². The third-order valence-corrected chi connectivity index (χ3v) is 1.42. The summed E-state index contributed by atoms with van der Waals surface area (Å²) >= 11 is 0. The molecule has 2 nitrogen and oxygen atoms in total. The zero-order valence-electron chi connectivity index (χ0n) is 6.08. The van der Waals surface area contributed by atoms with Crippen molar-refractivity contribution >= 4 is 5.91 Å². The van der Waals surface area contributed by atoms with Gasteiger partial charge in [0.2, 0.25) is 5.91 Å². The van der Waals surface area contributed by atoms with Crippen LogP contribution in [0.4, 0.5) is 0 Å². The molecule has 0 aromatic heterocycles. The normalized spacial score (nSPS) is 14.8. The van der Waals surface area contributed by atoms with Crippen molar-refractivity contribution in [3.8, 4) is 12.3 Å². The maximum Gasteiger partial charge on any atom is 0.231 e. The van der Waals surface area contributed by atoms with Crippen LogP contribution in [-0.2, 0) is 4.79 Å². The minimum Gasteiger partial charge on any atom is -0.344 e. The summed E-state index contributed by atoms with van der Waals surface area (Å²) in [5.41, 5.74) is 0. The molecule has 0 saturated carbocycles. The molecule has 0 aromatic rings. The number of carbonyl (C=O) groups is 1. The van der Waals surface area contributed by atoms with E-state index in [1.165, 1.54) is 0 Å². The summed E-state index contributed by atoms with van der Waals surface area (Å²) in [6, 6.07) is 0. The first kappa shape index (κ1) is 7.62. The lowest BCUT2D eigenvalue weighted by Crippen LogP contribution is -2.28. The molecule has 56 valence electrons.